The van der Waals surface area contributed by atoms with Crippen LogP contribution in [0.2, 0.25) is 0 Å². The largest absolute Gasteiger partial charge is 0.322 e. The second kappa shape index (κ2) is 6.57. The lowest BCUT2D eigenvalue weighted by Crippen LogP contribution is -2.24. The summed E-state index contributed by atoms with van der Waals surface area (Å²) in [6.07, 6.45) is 3.44. The van der Waals surface area contributed by atoms with Crippen molar-refractivity contribution in [2.75, 3.05) is 5.32 Å². The first-order valence-corrected chi connectivity index (χ1v) is 7.83. The van der Waals surface area contributed by atoms with Gasteiger partial charge in [-0.15, -0.1) is 0 Å². The standard InChI is InChI=1S/C13H12Br2N4O3/c1-7-5-16-18(6-7)8(2)13(20)17-12-10(14)3-9(19(21)22)4-11(12)15/h3-6,8H,1-2H3,(H,17,20). The molecule has 0 saturated heterocycles. The van der Waals surface area contributed by atoms with Crippen LogP contribution < -0.4 is 5.32 Å². The Kier molecular flexibility index (Phi) is 4.97. The van der Waals surface area contributed by atoms with Gasteiger partial charge in [-0.25, -0.2) is 0 Å². The van der Waals surface area contributed by atoms with E-state index in [0.717, 1.165) is 5.56 Å². The Labute approximate surface area is 143 Å². The van der Waals surface area contributed by atoms with Crippen molar-refractivity contribution < 1.29 is 9.72 Å². The third kappa shape index (κ3) is 3.53. The molecule has 1 heterocycles. The fourth-order valence-corrected chi connectivity index (χ4v) is 3.14. The monoisotopic (exact) mass is 430 g/mol. The van der Waals surface area contributed by atoms with Gasteiger partial charge in [0.25, 0.3) is 5.69 Å². The number of carbonyl (C=O) groups is 1. The number of non-ortho nitro benzene ring substituents is 1. The molecule has 0 radical (unpaired) electrons. The molecule has 1 unspecified atom stereocenters. The van der Waals surface area contributed by atoms with Crippen LogP contribution in [0.5, 0.6) is 0 Å². The molecule has 116 valence electrons. The molecular weight excluding hydrogens is 420 g/mol. The zero-order valence-electron chi connectivity index (χ0n) is 11.7. The molecule has 1 aromatic heterocycles. The van der Waals surface area contributed by atoms with Crippen LogP contribution in [-0.4, -0.2) is 20.6 Å². The number of nitrogens with zero attached hydrogens (tertiary/aromatic N) is 3. The van der Waals surface area contributed by atoms with E-state index in [-0.39, 0.29) is 11.6 Å². The second-order valence-electron chi connectivity index (χ2n) is 4.70. The van der Waals surface area contributed by atoms with Gasteiger partial charge >= 0.3 is 0 Å². The number of carbonyl (C=O) groups excluding carboxylic acids is 1. The number of anilines is 1. The van der Waals surface area contributed by atoms with Crippen LogP contribution in [0.1, 0.15) is 18.5 Å². The summed E-state index contributed by atoms with van der Waals surface area (Å²) in [5, 5.41) is 17.6. The first-order chi connectivity index (χ1) is 10.3. The van der Waals surface area contributed by atoms with E-state index in [2.05, 4.69) is 42.3 Å². The number of amides is 1. The molecule has 0 aliphatic rings. The normalized spacial score (nSPS) is 12.0. The molecule has 9 heteroatoms. The molecule has 2 aromatic rings. The summed E-state index contributed by atoms with van der Waals surface area (Å²) < 4.78 is 2.40. The number of nitrogens with one attached hydrogen (secondary N) is 1. The molecule has 0 aliphatic heterocycles. The van der Waals surface area contributed by atoms with Crippen molar-refractivity contribution in [3.05, 3.63) is 49.1 Å². The van der Waals surface area contributed by atoms with E-state index in [1.807, 2.05) is 6.92 Å². The van der Waals surface area contributed by atoms with Crippen molar-refractivity contribution in [1.29, 1.82) is 0 Å². The number of rotatable bonds is 4. The summed E-state index contributed by atoms with van der Waals surface area (Å²) >= 11 is 6.47. The van der Waals surface area contributed by atoms with Crippen molar-refractivity contribution in [3.63, 3.8) is 0 Å². The molecule has 0 bridgehead atoms. The highest BCUT2D eigenvalue weighted by Gasteiger charge is 2.20. The lowest BCUT2D eigenvalue weighted by atomic mass is 10.2. The van der Waals surface area contributed by atoms with Gasteiger partial charge in [-0.2, -0.15) is 5.10 Å². The van der Waals surface area contributed by atoms with Crippen LogP contribution in [0.15, 0.2) is 33.5 Å². The average Bonchev–Trinajstić information content (AvgIpc) is 2.87. The Hall–Kier alpha value is -1.74. The highest BCUT2D eigenvalue weighted by atomic mass is 79.9. The van der Waals surface area contributed by atoms with Gasteiger partial charge in [0.2, 0.25) is 5.91 Å². The summed E-state index contributed by atoms with van der Waals surface area (Å²) in [6, 6.07) is 2.16. The van der Waals surface area contributed by atoms with Crippen LogP contribution in [-0.2, 0) is 4.79 Å². The van der Waals surface area contributed by atoms with Crippen molar-refractivity contribution in [2.24, 2.45) is 0 Å². The molecule has 1 atom stereocenters. The summed E-state index contributed by atoms with van der Waals surface area (Å²) in [5.41, 5.74) is 1.32. The molecule has 0 spiro atoms. The SMILES string of the molecule is Cc1cnn(C(C)C(=O)Nc2c(Br)cc([N+](=O)[O-])cc2Br)c1. The van der Waals surface area contributed by atoms with Crippen molar-refractivity contribution in [2.45, 2.75) is 19.9 Å². The molecule has 0 aliphatic carbocycles. The third-order valence-corrected chi connectivity index (χ3v) is 4.24. The van der Waals surface area contributed by atoms with Gasteiger partial charge in [0, 0.05) is 27.3 Å². The zero-order chi connectivity index (χ0) is 16.4. The molecule has 0 fully saturated rings. The number of halogens is 2. The maximum absolute atomic E-state index is 12.3. The van der Waals surface area contributed by atoms with Crippen LogP contribution >= 0.6 is 31.9 Å². The van der Waals surface area contributed by atoms with Gasteiger partial charge in [0.15, 0.2) is 0 Å². The van der Waals surface area contributed by atoms with E-state index in [1.165, 1.54) is 12.1 Å². The van der Waals surface area contributed by atoms with Gasteiger partial charge in [-0.05, 0) is 51.3 Å². The van der Waals surface area contributed by atoms with E-state index < -0.39 is 11.0 Å². The maximum Gasteiger partial charge on any atom is 0.271 e. The Morgan fingerprint density at radius 3 is 2.45 bits per heavy atom. The van der Waals surface area contributed by atoms with Crippen molar-refractivity contribution in [1.82, 2.24) is 9.78 Å². The van der Waals surface area contributed by atoms with Gasteiger partial charge < -0.3 is 5.32 Å². The van der Waals surface area contributed by atoms with Crippen LogP contribution in [0.4, 0.5) is 11.4 Å². The molecule has 0 saturated carbocycles. The Bertz CT molecular complexity index is 722. The summed E-state index contributed by atoms with van der Waals surface area (Å²) in [5.74, 6) is -0.279. The lowest BCUT2D eigenvalue weighted by Gasteiger charge is -2.14. The minimum Gasteiger partial charge on any atom is -0.322 e. The maximum atomic E-state index is 12.3. The molecule has 1 aromatic carbocycles. The number of nitro groups is 1. The van der Waals surface area contributed by atoms with E-state index in [4.69, 9.17) is 0 Å². The molecule has 7 nitrogen and oxygen atoms in total. The number of aromatic nitrogens is 2. The predicted molar refractivity (Wildman–Crippen MR) is 88.8 cm³/mol. The van der Waals surface area contributed by atoms with Gasteiger partial charge in [-0.1, -0.05) is 0 Å². The van der Waals surface area contributed by atoms with Gasteiger partial charge in [-0.3, -0.25) is 19.6 Å². The number of benzene rings is 1. The first-order valence-electron chi connectivity index (χ1n) is 6.24. The van der Waals surface area contributed by atoms with Crippen LogP contribution in [0.25, 0.3) is 0 Å². The van der Waals surface area contributed by atoms with Gasteiger partial charge in [0.05, 0.1) is 16.8 Å². The highest BCUT2D eigenvalue weighted by Crippen LogP contribution is 2.35. The smallest absolute Gasteiger partial charge is 0.271 e. The number of hydrogen-bond acceptors (Lipinski definition) is 4. The van der Waals surface area contributed by atoms with Crippen molar-refractivity contribution >= 4 is 49.1 Å². The van der Waals surface area contributed by atoms with E-state index in [0.29, 0.717) is 14.6 Å². The molecular formula is C13H12Br2N4O3. The second-order valence-corrected chi connectivity index (χ2v) is 6.41. The molecule has 1 N–H and O–H groups in total. The van der Waals surface area contributed by atoms with Crippen LogP contribution in [0, 0.1) is 17.0 Å². The topological polar surface area (TPSA) is 90.1 Å². The van der Waals surface area contributed by atoms with Crippen LogP contribution in [0.3, 0.4) is 0 Å². The fourth-order valence-electron chi connectivity index (χ4n) is 1.78. The van der Waals surface area contributed by atoms with Crippen molar-refractivity contribution in [3.8, 4) is 0 Å². The van der Waals surface area contributed by atoms with Gasteiger partial charge in [0.1, 0.15) is 6.04 Å². The molecule has 2 rings (SSSR count). The highest BCUT2D eigenvalue weighted by molar-refractivity contribution is 9.11. The summed E-state index contributed by atoms with van der Waals surface area (Å²) in [6.45, 7) is 3.60. The average molecular weight is 432 g/mol. The number of hydrogen-bond donors (Lipinski definition) is 1. The Morgan fingerprint density at radius 1 is 1.41 bits per heavy atom. The summed E-state index contributed by atoms with van der Waals surface area (Å²) in [7, 11) is 0. The predicted octanol–water partition coefficient (Wildman–Crippen LogP) is 3.82. The lowest BCUT2D eigenvalue weighted by molar-refractivity contribution is -0.385. The van der Waals surface area contributed by atoms with E-state index in [9.17, 15) is 14.9 Å². The third-order valence-electron chi connectivity index (χ3n) is 2.99. The number of nitro benzene ring substituents is 1. The van der Waals surface area contributed by atoms with E-state index in [1.54, 1.807) is 24.0 Å². The minimum absolute atomic E-state index is 0.0764. The molecule has 1 amide bonds. The summed E-state index contributed by atoms with van der Waals surface area (Å²) in [4.78, 5) is 22.6. The Morgan fingerprint density at radius 2 is 2.00 bits per heavy atom. The first kappa shape index (κ1) is 16.6. The molecule has 22 heavy (non-hydrogen) atoms. The quantitative estimate of drug-likeness (QED) is 0.588. The zero-order valence-corrected chi connectivity index (χ0v) is 14.9. The Balaban J connectivity index is 2.23. The fraction of sp³-hybridized carbons (Fsp3) is 0.231. The minimum atomic E-state index is -0.511. The van der Waals surface area contributed by atoms with E-state index >= 15 is 0 Å². The number of aryl methyl sites for hydroxylation is 1.